The SMILES string of the molecule is Clc1ccc(-c2noc(CN3CCN(c4cccc(Cl)c4)CC3)n2)cc1. The number of piperazine rings is 1. The summed E-state index contributed by atoms with van der Waals surface area (Å²) in [6, 6.07) is 15.4. The van der Waals surface area contributed by atoms with Crippen LogP contribution in [-0.4, -0.2) is 41.2 Å². The maximum atomic E-state index is 6.09. The minimum Gasteiger partial charge on any atom is -0.369 e. The van der Waals surface area contributed by atoms with E-state index in [0.29, 0.717) is 23.3 Å². The Kier molecular flexibility index (Phi) is 5.11. The third kappa shape index (κ3) is 4.01. The largest absolute Gasteiger partial charge is 0.369 e. The van der Waals surface area contributed by atoms with Gasteiger partial charge < -0.3 is 9.42 Å². The van der Waals surface area contributed by atoms with Crippen LogP contribution in [0.3, 0.4) is 0 Å². The predicted molar refractivity (Wildman–Crippen MR) is 104 cm³/mol. The van der Waals surface area contributed by atoms with Crippen molar-refractivity contribution < 1.29 is 4.52 Å². The van der Waals surface area contributed by atoms with Crippen LogP contribution in [-0.2, 0) is 6.54 Å². The van der Waals surface area contributed by atoms with E-state index >= 15 is 0 Å². The first-order valence-corrected chi connectivity index (χ1v) is 9.24. The molecule has 0 radical (unpaired) electrons. The molecule has 134 valence electrons. The van der Waals surface area contributed by atoms with Crippen LogP contribution in [0, 0.1) is 0 Å². The van der Waals surface area contributed by atoms with Gasteiger partial charge in [-0.1, -0.05) is 34.4 Å². The molecule has 0 amide bonds. The number of anilines is 1. The van der Waals surface area contributed by atoms with Crippen molar-refractivity contribution >= 4 is 28.9 Å². The second-order valence-corrected chi connectivity index (χ2v) is 7.13. The Morgan fingerprint density at radius 3 is 2.42 bits per heavy atom. The maximum Gasteiger partial charge on any atom is 0.241 e. The molecule has 1 fully saturated rings. The zero-order valence-electron chi connectivity index (χ0n) is 14.1. The van der Waals surface area contributed by atoms with E-state index in [1.165, 1.54) is 5.69 Å². The molecule has 0 aliphatic carbocycles. The summed E-state index contributed by atoms with van der Waals surface area (Å²) < 4.78 is 5.41. The van der Waals surface area contributed by atoms with Crippen LogP contribution in [0.1, 0.15) is 5.89 Å². The van der Waals surface area contributed by atoms with Gasteiger partial charge in [-0.05, 0) is 42.5 Å². The van der Waals surface area contributed by atoms with Crippen LogP contribution in [0.4, 0.5) is 5.69 Å². The molecule has 1 aromatic heterocycles. The summed E-state index contributed by atoms with van der Waals surface area (Å²) in [7, 11) is 0. The van der Waals surface area contributed by atoms with Gasteiger partial charge >= 0.3 is 0 Å². The van der Waals surface area contributed by atoms with Crippen molar-refractivity contribution in [3.63, 3.8) is 0 Å². The highest BCUT2D eigenvalue weighted by molar-refractivity contribution is 6.31. The molecule has 0 bridgehead atoms. The van der Waals surface area contributed by atoms with Crippen LogP contribution < -0.4 is 4.90 Å². The molecule has 5 nitrogen and oxygen atoms in total. The fourth-order valence-corrected chi connectivity index (χ4v) is 3.37. The van der Waals surface area contributed by atoms with Gasteiger partial charge in [0, 0.05) is 47.5 Å². The molecule has 0 saturated carbocycles. The average Bonchev–Trinajstić information content (AvgIpc) is 3.11. The van der Waals surface area contributed by atoms with Gasteiger partial charge in [0.15, 0.2) is 0 Å². The second-order valence-electron chi connectivity index (χ2n) is 6.26. The zero-order valence-corrected chi connectivity index (χ0v) is 15.6. The van der Waals surface area contributed by atoms with Gasteiger partial charge in [0.1, 0.15) is 0 Å². The van der Waals surface area contributed by atoms with Gasteiger partial charge in [-0.15, -0.1) is 0 Å². The lowest BCUT2D eigenvalue weighted by molar-refractivity contribution is 0.215. The zero-order chi connectivity index (χ0) is 17.9. The summed E-state index contributed by atoms with van der Waals surface area (Å²) in [5, 5.41) is 5.53. The van der Waals surface area contributed by atoms with Gasteiger partial charge in [-0.3, -0.25) is 4.90 Å². The van der Waals surface area contributed by atoms with Crippen molar-refractivity contribution in [3.8, 4) is 11.4 Å². The van der Waals surface area contributed by atoms with Gasteiger partial charge in [0.25, 0.3) is 0 Å². The van der Waals surface area contributed by atoms with Gasteiger partial charge in [-0.25, -0.2) is 0 Å². The van der Waals surface area contributed by atoms with E-state index in [1.54, 1.807) is 0 Å². The van der Waals surface area contributed by atoms with E-state index in [2.05, 4.69) is 26.0 Å². The van der Waals surface area contributed by atoms with Crippen molar-refractivity contribution in [2.75, 3.05) is 31.1 Å². The Bertz CT molecular complexity index is 873. The normalized spacial score (nSPS) is 15.4. The highest BCUT2D eigenvalue weighted by Crippen LogP contribution is 2.22. The van der Waals surface area contributed by atoms with Crippen LogP contribution in [0.25, 0.3) is 11.4 Å². The van der Waals surface area contributed by atoms with Crippen molar-refractivity contribution in [1.82, 2.24) is 15.0 Å². The number of benzene rings is 2. The minimum absolute atomic E-state index is 0.592. The van der Waals surface area contributed by atoms with Crippen molar-refractivity contribution in [2.45, 2.75) is 6.54 Å². The molecular weight excluding hydrogens is 371 g/mol. The lowest BCUT2D eigenvalue weighted by Gasteiger charge is -2.35. The number of halogens is 2. The Labute approximate surface area is 162 Å². The van der Waals surface area contributed by atoms with E-state index < -0.39 is 0 Å². The molecule has 4 rings (SSSR count). The Hall–Kier alpha value is -2.08. The Morgan fingerprint density at radius 1 is 0.923 bits per heavy atom. The highest BCUT2D eigenvalue weighted by atomic mass is 35.5. The van der Waals surface area contributed by atoms with Crippen molar-refractivity contribution in [2.24, 2.45) is 0 Å². The molecule has 0 unspecified atom stereocenters. The first kappa shape index (κ1) is 17.3. The molecule has 0 atom stereocenters. The molecular formula is C19H18Cl2N4O. The molecule has 1 aliphatic rings. The molecule has 2 heterocycles. The smallest absolute Gasteiger partial charge is 0.241 e. The molecule has 0 N–H and O–H groups in total. The van der Waals surface area contributed by atoms with Crippen LogP contribution in [0.2, 0.25) is 10.0 Å². The summed E-state index contributed by atoms with van der Waals surface area (Å²) in [5.74, 6) is 1.22. The lowest BCUT2D eigenvalue weighted by Crippen LogP contribution is -2.46. The number of nitrogens with zero attached hydrogens (tertiary/aromatic N) is 4. The first-order chi connectivity index (χ1) is 12.7. The quantitative estimate of drug-likeness (QED) is 0.663. The molecule has 26 heavy (non-hydrogen) atoms. The minimum atomic E-state index is 0.592. The number of hydrogen-bond acceptors (Lipinski definition) is 5. The van der Waals surface area contributed by atoms with E-state index in [-0.39, 0.29) is 0 Å². The van der Waals surface area contributed by atoms with Crippen LogP contribution in [0.15, 0.2) is 53.1 Å². The van der Waals surface area contributed by atoms with Gasteiger partial charge in [-0.2, -0.15) is 4.98 Å². The van der Waals surface area contributed by atoms with Crippen LogP contribution in [0.5, 0.6) is 0 Å². The predicted octanol–water partition coefficient (Wildman–Crippen LogP) is 4.37. The number of hydrogen-bond donors (Lipinski definition) is 0. The van der Waals surface area contributed by atoms with Crippen LogP contribution >= 0.6 is 23.2 Å². The first-order valence-electron chi connectivity index (χ1n) is 8.49. The summed E-state index contributed by atoms with van der Waals surface area (Å²) in [6.45, 7) is 4.41. The fourth-order valence-electron chi connectivity index (χ4n) is 3.06. The van der Waals surface area contributed by atoms with E-state index in [0.717, 1.165) is 36.8 Å². The summed E-state index contributed by atoms with van der Waals surface area (Å²) in [5.41, 5.74) is 2.06. The third-order valence-electron chi connectivity index (χ3n) is 4.48. The Balaban J connectivity index is 1.35. The number of rotatable bonds is 4. The highest BCUT2D eigenvalue weighted by Gasteiger charge is 2.20. The fraction of sp³-hybridized carbons (Fsp3) is 0.263. The third-order valence-corrected chi connectivity index (χ3v) is 4.96. The summed E-state index contributed by atoms with van der Waals surface area (Å²) in [4.78, 5) is 9.16. The molecule has 3 aromatic rings. The second kappa shape index (κ2) is 7.66. The molecule has 7 heteroatoms. The van der Waals surface area contributed by atoms with Gasteiger partial charge in [0.05, 0.1) is 6.54 Å². The van der Waals surface area contributed by atoms with Crippen molar-refractivity contribution in [1.29, 1.82) is 0 Å². The Morgan fingerprint density at radius 2 is 1.69 bits per heavy atom. The van der Waals surface area contributed by atoms with Crippen molar-refractivity contribution in [3.05, 3.63) is 64.5 Å². The van der Waals surface area contributed by atoms with E-state index in [1.807, 2.05) is 42.5 Å². The summed E-state index contributed by atoms with van der Waals surface area (Å²) >= 11 is 12.0. The summed E-state index contributed by atoms with van der Waals surface area (Å²) in [6.07, 6.45) is 0. The van der Waals surface area contributed by atoms with E-state index in [4.69, 9.17) is 27.7 Å². The van der Waals surface area contributed by atoms with E-state index in [9.17, 15) is 0 Å². The molecule has 1 saturated heterocycles. The topological polar surface area (TPSA) is 45.4 Å². The number of aromatic nitrogens is 2. The molecule has 0 spiro atoms. The standard InChI is InChI=1S/C19H18Cl2N4O/c20-15-6-4-14(5-7-15)19-22-18(26-23-19)13-24-8-10-25(11-9-24)17-3-1-2-16(21)12-17/h1-7,12H,8-11,13H2. The molecule has 1 aliphatic heterocycles. The molecule has 2 aromatic carbocycles. The lowest BCUT2D eigenvalue weighted by atomic mass is 10.2. The van der Waals surface area contributed by atoms with Gasteiger partial charge in [0.2, 0.25) is 11.7 Å². The maximum absolute atomic E-state index is 6.09. The monoisotopic (exact) mass is 388 g/mol. The average molecular weight is 389 g/mol.